The summed E-state index contributed by atoms with van der Waals surface area (Å²) in [5, 5.41) is 30.2. The van der Waals surface area contributed by atoms with Crippen molar-refractivity contribution in [3.05, 3.63) is 11.6 Å². The summed E-state index contributed by atoms with van der Waals surface area (Å²) in [6.45, 7) is 9.01. The minimum absolute atomic E-state index is 0.00225. The Hall–Kier alpha value is -0.380. The van der Waals surface area contributed by atoms with Gasteiger partial charge in [0.2, 0.25) is 0 Å². The molecule has 0 aliphatic heterocycles. The van der Waals surface area contributed by atoms with Crippen LogP contribution in [0.4, 0.5) is 0 Å². The van der Waals surface area contributed by atoms with Crippen molar-refractivity contribution in [1.82, 2.24) is 0 Å². The summed E-state index contributed by atoms with van der Waals surface area (Å²) in [5.74, 6) is 0.739. The van der Waals surface area contributed by atoms with Crippen LogP contribution in [0.15, 0.2) is 11.6 Å². The largest absolute Gasteiger partial charge is 0.396 e. The topological polar surface area (TPSA) is 60.7 Å². The van der Waals surface area contributed by atoms with E-state index in [1.807, 2.05) is 13.0 Å². The highest BCUT2D eigenvalue weighted by molar-refractivity contribution is 5.09. The lowest BCUT2D eigenvalue weighted by molar-refractivity contribution is -0.179. The van der Waals surface area contributed by atoms with Gasteiger partial charge in [0.1, 0.15) is 0 Å². The van der Waals surface area contributed by atoms with E-state index in [2.05, 4.69) is 20.8 Å². The fourth-order valence-electron chi connectivity index (χ4n) is 5.89. The van der Waals surface area contributed by atoms with Gasteiger partial charge in [-0.25, -0.2) is 0 Å². The van der Waals surface area contributed by atoms with Crippen LogP contribution in [0.2, 0.25) is 0 Å². The Labute approximate surface area is 141 Å². The maximum atomic E-state index is 11.1. The van der Waals surface area contributed by atoms with Crippen LogP contribution in [0, 0.1) is 22.7 Å². The molecular weight excluding hydrogens is 288 g/mol. The maximum Gasteiger partial charge on any atom is 0.0653 e. The van der Waals surface area contributed by atoms with Crippen LogP contribution in [-0.4, -0.2) is 34.1 Å². The highest BCUT2D eigenvalue weighted by Crippen LogP contribution is 2.62. The van der Waals surface area contributed by atoms with E-state index in [0.717, 1.165) is 44.9 Å². The van der Waals surface area contributed by atoms with Gasteiger partial charge in [-0.1, -0.05) is 31.9 Å². The summed E-state index contributed by atoms with van der Waals surface area (Å²) >= 11 is 0. The first kappa shape index (κ1) is 19.0. The molecular formula is C20H36O3. The first-order valence-electron chi connectivity index (χ1n) is 9.29. The predicted molar refractivity (Wildman–Crippen MR) is 94.1 cm³/mol. The fraction of sp³-hybridized carbons (Fsp3) is 0.900. The molecule has 134 valence electrons. The minimum atomic E-state index is -0.627. The Morgan fingerprint density at radius 2 is 1.83 bits per heavy atom. The third kappa shape index (κ3) is 3.52. The zero-order valence-corrected chi connectivity index (χ0v) is 15.4. The Balaban J connectivity index is 2.27. The van der Waals surface area contributed by atoms with Crippen molar-refractivity contribution in [2.24, 2.45) is 22.7 Å². The van der Waals surface area contributed by atoms with Gasteiger partial charge in [-0.3, -0.25) is 0 Å². The zero-order valence-electron chi connectivity index (χ0n) is 15.4. The SMILES string of the molecule is C/C(=C/CO)CC[C@H]1[C@]2(C)CCC[C@@](C)(CO)[C@@H]2CC[C@]1(C)O. The molecule has 0 aromatic rings. The molecule has 0 saturated heterocycles. The van der Waals surface area contributed by atoms with Gasteiger partial charge in [-0.2, -0.15) is 0 Å². The van der Waals surface area contributed by atoms with Crippen molar-refractivity contribution in [1.29, 1.82) is 0 Å². The van der Waals surface area contributed by atoms with Gasteiger partial charge in [0, 0.05) is 6.61 Å². The molecule has 3 heteroatoms. The summed E-state index contributed by atoms with van der Waals surface area (Å²) in [4.78, 5) is 0. The van der Waals surface area contributed by atoms with Crippen LogP contribution >= 0.6 is 0 Å². The first-order chi connectivity index (χ1) is 10.7. The van der Waals surface area contributed by atoms with Crippen molar-refractivity contribution in [2.75, 3.05) is 13.2 Å². The van der Waals surface area contributed by atoms with Crippen LogP contribution < -0.4 is 0 Å². The van der Waals surface area contributed by atoms with Crippen LogP contribution in [0.1, 0.15) is 72.6 Å². The van der Waals surface area contributed by atoms with E-state index in [0.29, 0.717) is 5.92 Å². The van der Waals surface area contributed by atoms with E-state index in [9.17, 15) is 10.2 Å². The molecule has 2 aliphatic rings. The fourth-order valence-corrected chi connectivity index (χ4v) is 5.89. The molecule has 5 atom stereocenters. The second kappa shape index (κ2) is 6.85. The van der Waals surface area contributed by atoms with E-state index in [4.69, 9.17) is 5.11 Å². The van der Waals surface area contributed by atoms with Gasteiger partial charge in [0.15, 0.2) is 0 Å². The highest BCUT2D eigenvalue weighted by Gasteiger charge is 2.58. The molecule has 2 saturated carbocycles. The van der Waals surface area contributed by atoms with Crippen LogP contribution in [0.3, 0.4) is 0 Å². The molecule has 2 rings (SSSR count). The summed E-state index contributed by atoms with van der Waals surface area (Å²) < 4.78 is 0. The Bertz CT molecular complexity index is 442. The molecule has 3 N–H and O–H groups in total. The minimum Gasteiger partial charge on any atom is -0.396 e. The normalized spacial score (nSPS) is 44.9. The highest BCUT2D eigenvalue weighted by atomic mass is 16.3. The van der Waals surface area contributed by atoms with E-state index in [1.165, 1.54) is 5.57 Å². The lowest BCUT2D eigenvalue weighted by Gasteiger charge is -2.61. The predicted octanol–water partition coefficient (Wildman–Crippen LogP) is 3.67. The van der Waals surface area contributed by atoms with Gasteiger partial charge in [0.05, 0.1) is 12.2 Å². The van der Waals surface area contributed by atoms with Crippen LogP contribution in [0.25, 0.3) is 0 Å². The number of hydrogen-bond acceptors (Lipinski definition) is 3. The standard InChI is InChI=1S/C20H36O3/c1-15(9-13-21)6-7-17-19(3)11-5-10-18(2,14-22)16(19)8-12-20(17,4)23/h9,16-17,21-23H,5-8,10-14H2,1-4H3/b15-9-/t16-,17-,18-,19+,20-/m0/s1. The molecule has 0 unspecified atom stereocenters. The van der Waals surface area contributed by atoms with Crippen molar-refractivity contribution >= 4 is 0 Å². The molecule has 0 radical (unpaired) electrons. The van der Waals surface area contributed by atoms with Crippen LogP contribution in [-0.2, 0) is 0 Å². The number of aliphatic hydroxyl groups is 3. The summed E-state index contributed by atoms with van der Waals surface area (Å²) in [7, 11) is 0. The molecule has 2 fully saturated rings. The van der Waals surface area contributed by atoms with E-state index < -0.39 is 5.60 Å². The summed E-state index contributed by atoms with van der Waals surface area (Å²) in [6, 6.07) is 0. The lowest BCUT2D eigenvalue weighted by atomic mass is 9.45. The van der Waals surface area contributed by atoms with Crippen LogP contribution in [0.5, 0.6) is 0 Å². The molecule has 3 nitrogen and oxygen atoms in total. The van der Waals surface area contributed by atoms with Gasteiger partial charge < -0.3 is 15.3 Å². The smallest absolute Gasteiger partial charge is 0.0653 e. The third-order valence-corrected chi connectivity index (χ3v) is 7.21. The molecule has 0 bridgehead atoms. The number of allylic oxidation sites excluding steroid dienone is 1. The van der Waals surface area contributed by atoms with E-state index >= 15 is 0 Å². The van der Waals surface area contributed by atoms with Gasteiger partial charge >= 0.3 is 0 Å². The van der Waals surface area contributed by atoms with E-state index in [-0.39, 0.29) is 30.0 Å². The average molecular weight is 325 g/mol. The second-order valence-electron chi connectivity index (χ2n) is 8.94. The Morgan fingerprint density at radius 3 is 2.43 bits per heavy atom. The lowest BCUT2D eigenvalue weighted by Crippen LogP contribution is -2.58. The summed E-state index contributed by atoms with van der Waals surface area (Å²) in [6.07, 6.45) is 9.00. The molecule has 2 aliphatic carbocycles. The zero-order chi connectivity index (χ0) is 17.3. The molecule has 0 heterocycles. The monoisotopic (exact) mass is 324 g/mol. The number of hydrogen-bond donors (Lipinski definition) is 3. The molecule has 0 amide bonds. The third-order valence-electron chi connectivity index (χ3n) is 7.21. The Morgan fingerprint density at radius 1 is 1.13 bits per heavy atom. The average Bonchev–Trinajstić information content (AvgIpc) is 2.46. The quantitative estimate of drug-likeness (QED) is 0.676. The van der Waals surface area contributed by atoms with Crippen molar-refractivity contribution < 1.29 is 15.3 Å². The second-order valence-corrected chi connectivity index (χ2v) is 8.94. The number of aliphatic hydroxyl groups excluding tert-OH is 2. The Kier molecular flexibility index (Phi) is 5.65. The molecule has 23 heavy (non-hydrogen) atoms. The van der Waals surface area contributed by atoms with E-state index in [1.54, 1.807) is 0 Å². The summed E-state index contributed by atoms with van der Waals surface area (Å²) in [5.41, 5.74) is 0.669. The molecule has 0 aromatic carbocycles. The van der Waals surface area contributed by atoms with Crippen molar-refractivity contribution in [3.8, 4) is 0 Å². The van der Waals surface area contributed by atoms with Crippen molar-refractivity contribution in [3.63, 3.8) is 0 Å². The molecule has 0 spiro atoms. The first-order valence-corrected chi connectivity index (χ1v) is 9.29. The number of rotatable bonds is 5. The van der Waals surface area contributed by atoms with Crippen molar-refractivity contribution in [2.45, 2.75) is 78.2 Å². The molecule has 0 aromatic heterocycles. The number of fused-ring (bicyclic) bond motifs is 1. The van der Waals surface area contributed by atoms with Gasteiger partial charge in [-0.15, -0.1) is 0 Å². The van der Waals surface area contributed by atoms with Gasteiger partial charge in [-0.05, 0) is 75.0 Å². The van der Waals surface area contributed by atoms with Gasteiger partial charge in [0.25, 0.3) is 0 Å². The maximum absolute atomic E-state index is 11.1.